The van der Waals surface area contributed by atoms with Crippen molar-refractivity contribution in [3.05, 3.63) is 29.2 Å². The monoisotopic (exact) mass is 309 g/mol. The first-order valence-corrected chi connectivity index (χ1v) is 7.02. The number of aromatic nitrogens is 4. The molecular formula is C13H16ClN5O2. The van der Waals surface area contributed by atoms with E-state index in [1.54, 1.807) is 6.92 Å². The predicted octanol–water partition coefficient (Wildman–Crippen LogP) is 2.31. The van der Waals surface area contributed by atoms with Crippen LogP contribution in [0.5, 0.6) is 0 Å². The Bertz CT molecular complexity index is 629. The summed E-state index contributed by atoms with van der Waals surface area (Å²) in [4.78, 5) is 20.0. The Labute approximate surface area is 127 Å². The minimum absolute atomic E-state index is 0.309. The molecule has 0 radical (unpaired) electrons. The van der Waals surface area contributed by atoms with Crippen LogP contribution in [-0.2, 0) is 4.74 Å². The third-order valence-electron chi connectivity index (χ3n) is 2.57. The summed E-state index contributed by atoms with van der Waals surface area (Å²) in [5.74, 6) is 0.434. The molecule has 0 spiro atoms. The van der Waals surface area contributed by atoms with Gasteiger partial charge in [0.2, 0.25) is 5.95 Å². The second-order valence-corrected chi connectivity index (χ2v) is 4.59. The minimum atomic E-state index is -0.432. The molecule has 7 nitrogen and oxygen atoms in total. The molecule has 0 aliphatic heterocycles. The highest BCUT2D eigenvalue weighted by Gasteiger charge is 2.13. The molecule has 0 saturated heterocycles. The molecule has 0 aliphatic rings. The summed E-state index contributed by atoms with van der Waals surface area (Å²) >= 11 is 6.08. The Morgan fingerprint density at radius 1 is 1.43 bits per heavy atom. The van der Waals surface area contributed by atoms with Gasteiger partial charge < -0.3 is 10.1 Å². The third kappa shape index (κ3) is 3.69. The van der Waals surface area contributed by atoms with Crippen LogP contribution in [0.4, 0.5) is 5.95 Å². The van der Waals surface area contributed by atoms with Crippen LogP contribution in [0.1, 0.15) is 30.6 Å². The van der Waals surface area contributed by atoms with Crippen LogP contribution in [0, 0.1) is 0 Å². The molecule has 2 heterocycles. The first-order chi connectivity index (χ1) is 10.2. The van der Waals surface area contributed by atoms with E-state index in [9.17, 15) is 4.79 Å². The Hall–Kier alpha value is -2.15. The van der Waals surface area contributed by atoms with Gasteiger partial charge in [-0.1, -0.05) is 18.5 Å². The van der Waals surface area contributed by atoms with Gasteiger partial charge in [-0.25, -0.2) is 14.5 Å². The SMILES string of the molecule is CCCNc1ncc(Cl)c(-n2cc(C(=O)OCC)cn2)n1. The maximum absolute atomic E-state index is 11.6. The van der Waals surface area contributed by atoms with Crippen LogP contribution >= 0.6 is 11.6 Å². The number of hydrogen-bond donors (Lipinski definition) is 1. The van der Waals surface area contributed by atoms with Crippen molar-refractivity contribution in [2.24, 2.45) is 0 Å². The highest BCUT2D eigenvalue weighted by Crippen LogP contribution is 2.18. The minimum Gasteiger partial charge on any atom is -0.462 e. The molecular weight excluding hydrogens is 294 g/mol. The van der Waals surface area contributed by atoms with Gasteiger partial charge in [-0.2, -0.15) is 10.1 Å². The highest BCUT2D eigenvalue weighted by atomic mass is 35.5. The van der Waals surface area contributed by atoms with Crippen LogP contribution in [-0.4, -0.2) is 38.9 Å². The maximum atomic E-state index is 11.6. The highest BCUT2D eigenvalue weighted by molar-refractivity contribution is 6.32. The van der Waals surface area contributed by atoms with Gasteiger partial charge >= 0.3 is 5.97 Å². The van der Waals surface area contributed by atoms with Gasteiger partial charge in [0.25, 0.3) is 0 Å². The lowest BCUT2D eigenvalue weighted by atomic mass is 10.4. The fourth-order valence-corrected chi connectivity index (χ4v) is 1.78. The average molecular weight is 310 g/mol. The summed E-state index contributed by atoms with van der Waals surface area (Å²) in [6.07, 6.45) is 5.38. The van der Waals surface area contributed by atoms with Crippen molar-refractivity contribution in [1.82, 2.24) is 19.7 Å². The zero-order chi connectivity index (χ0) is 15.2. The number of nitrogens with one attached hydrogen (secondary N) is 1. The smallest absolute Gasteiger partial charge is 0.341 e. The first-order valence-electron chi connectivity index (χ1n) is 6.64. The van der Waals surface area contributed by atoms with Gasteiger partial charge in [0.05, 0.1) is 24.6 Å². The van der Waals surface area contributed by atoms with Crippen molar-refractivity contribution in [3.8, 4) is 5.82 Å². The lowest BCUT2D eigenvalue weighted by molar-refractivity contribution is 0.0526. The number of anilines is 1. The van der Waals surface area contributed by atoms with Crippen LogP contribution < -0.4 is 5.32 Å². The van der Waals surface area contributed by atoms with Crippen LogP contribution in [0.2, 0.25) is 5.02 Å². The molecule has 0 atom stereocenters. The lowest BCUT2D eigenvalue weighted by Gasteiger charge is -2.07. The molecule has 1 N–H and O–H groups in total. The summed E-state index contributed by atoms with van der Waals surface area (Å²) < 4.78 is 6.34. The van der Waals surface area contributed by atoms with E-state index in [1.807, 2.05) is 6.92 Å². The molecule has 0 bridgehead atoms. The number of carbonyl (C=O) groups is 1. The van der Waals surface area contributed by atoms with Gasteiger partial charge in [-0.15, -0.1) is 0 Å². The van der Waals surface area contributed by atoms with Crippen molar-refractivity contribution in [2.45, 2.75) is 20.3 Å². The number of hydrogen-bond acceptors (Lipinski definition) is 6. The van der Waals surface area contributed by atoms with E-state index in [1.165, 1.54) is 23.3 Å². The second-order valence-electron chi connectivity index (χ2n) is 4.19. The summed E-state index contributed by atoms with van der Waals surface area (Å²) in [7, 11) is 0. The second kappa shape index (κ2) is 7.03. The average Bonchev–Trinajstić information content (AvgIpc) is 2.96. The molecule has 0 fully saturated rings. The van der Waals surface area contributed by atoms with Crippen LogP contribution in [0.15, 0.2) is 18.6 Å². The Morgan fingerprint density at radius 2 is 2.24 bits per heavy atom. The molecule has 2 rings (SSSR count). The van der Waals surface area contributed by atoms with E-state index in [2.05, 4.69) is 20.4 Å². The van der Waals surface area contributed by atoms with Crippen molar-refractivity contribution in [2.75, 3.05) is 18.5 Å². The molecule has 0 saturated carbocycles. The van der Waals surface area contributed by atoms with Gasteiger partial charge in [0.1, 0.15) is 5.02 Å². The molecule has 8 heteroatoms. The molecule has 0 amide bonds. The molecule has 21 heavy (non-hydrogen) atoms. The number of carbonyl (C=O) groups excluding carboxylic acids is 1. The fraction of sp³-hybridized carbons (Fsp3) is 0.385. The van der Waals surface area contributed by atoms with Gasteiger partial charge in [-0.3, -0.25) is 0 Å². The van der Waals surface area contributed by atoms with Crippen molar-refractivity contribution < 1.29 is 9.53 Å². The third-order valence-corrected chi connectivity index (χ3v) is 2.84. The number of ether oxygens (including phenoxy) is 1. The van der Waals surface area contributed by atoms with E-state index >= 15 is 0 Å². The van der Waals surface area contributed by atoms with E-state index in [-0.39, 0.29) is 0 Å². The van der Waals surface area contributed by atoms with E-state index in [4.69, 9.17) is 16.3 Å². The van der Waals surface area contributed by atoms with Crippen molar-refractivity contribution in [1.29, 1.82) is 0 Å². The molecule has 2 aromatic rings. The standard InChI is InChI=1S/C13H16ClN5O2/c1-3-5-15-13-16-7-10(14)11(18-13)19-8-9(6-17-19)12(20)21-4-2/h6-8H,3-5H2,1-2H3,(H,15,16,18). The summed E-state index contributed by atoms with van der Waals surface area (Å²) in [6, 6.07) is 0. The number of rotatable bonds is 6. The maximum Gasteiger partial charge on any atom is 0.341 e. The van der Waals surface area contributed by atoms with E-state index in [0.717, 1.165) is 13.0 Å². The molecule has 2 aromatic heterocycles. The number of nitrogens with zero attached hydrogens (tertiary/aromatic N) is 4. The van der Waals surface area contributed by atoms with Gasteiger partial charge in [0, 0.05) is 12.7 Å². The summed E-state index contributed by atoms with van der Waals surface area (Å²) in [5, 5.41) is 7.50. The van der Waals surface area contributed by atoms with Crippen molar-refractivity contribution >= 4 is 23.5 Å². The van der Waals surface area contributed by atoms with Gasteiger partial charge in [0.15, 0.2) is 5.82 Å². The van der Waals surface area contributed by atoms with E-state index in [0.29, 0.717) is 29.0 Å². The zero-order valence-corrected chi connectivity index (χ0v) is 12.6. The Morgan fingerprint density at radius 3 is 2.95 bits per heavy atom. The molecule has 0 aliphatic carbocycles. The summed E-state index contributed by atoms with van der Waals surface area (Å²) in [5.41, 5.74) is 0.342. The molecule has 112 valence electrons. The topological polar surface area (TPSA) is 81.9 Å². The van der Waals surface area contributed by atoms with E-state index < -0.39 is 5.97 Å². The van der Waals surface area contributed by atoms with Gasteiger partial charge in [-0.05, 0) is 13.3 Å². The van der Waals surface area contributed by atoms with Crippen LogP contribution in [0.25, 0.3) is 5.82 Å². The Balaban J connectivity index is 2.26. The largest absolute Gasteiger partial charge is 0.462 e. The molecule has 0 aromatic carbocycles. The number of halogens is 1. The zero-order valence-electron chi connectivity index (χ0n) is 11.8. The van der Waals surface area contributed by atoms with Crippen molar-refractivity contribution in [3.63, 3.8) is 0 Å². The fourth-order valence-electron chi connectivity index (χ4n) is 1.60. The lowest BCUT2D eigenvalue weighted by Crippen LogP contribution is -2.08. The normalized spacial score (nSPS) is 10.4. The summed E-state index contributed by atoms with van der Waals surface area (Å²) in [6.45, 7) is 4.86. The quantitative estimate of drug-likeness (QED) is 0.825. The number of esters is 1. The Kier molecular flexibility index (Phi) is 5.10. The van der Waals surface area contributed by atoms with Crippen LogP contribution in [0.3, 0.4) is 0 Å². The predicted molar refractivity (Wildman–Crippen MR) is 78.9 cm³/mol. The molecule has 0 unspecified atom stereocenters. The first kappa shape index (κ1) is 15.2.